The molecule has 0 aliphatic carbocycles. The van der Waals surface area contributed by atoms with Crippen LogP contribution in [0.15, 0.2) is 24.5 Å². The molecule has 0 unspecified atom stereocenters. The van der Waals surface area contributed by atoms with E-state index in [0.717, 1.165) is 17.8 Å². The Labute approximate surface area is 91.3 Å². The van der Waals surface area contributed by atoms with E-state index in [2.05, 4.69) is 9.97 Å². The lowest BCUT2D eigenvalue weighted by molar-refractivity contribution is 0.509. The topological polar surface area (TPSA) is 54.7 Å². The van der Waals surface area contributed by atoms with Crippen LogP contribution in [0.4, 0.5) is 8.78 Å². The van der Waals surface area contributed by atoms with Crippen molar-refractivity contribution in [2.75, 3.05) is 6.54 Å². The molecule has 0 fully saturated rings. The monoisotopic (exact) mass is 223 g/mol. The van der Waals surface area contributed by atoms with Crippen LogP contribution in [-0.2, 0) is 6.42 Å². The second-order valence-electron chi connectivity index (χ2n) is 3.40. The number of aromatic amines is 1. The van der Waals surface area contributed by atoms with E-state index in [1.807, 2.05) is 0 Å². The normalized spacial score (nSPS) is 10.7. The van der Waals surface area contributed by atoms with Crippen LogP contribution in [0.25, 0.3) is 11.3 Å². The molecule has 1 heterocycles. The van der Waals surface area contributed by atoms with Gasteiger partial charge in [0.15, 0.2) is 11.6 Å². The van der Waals surface area contributed by atoms with Crippen LogP contribution in [0.5, 0.6) is 0 Å². The van der Waals surface area contributed by atoms with Crippen molar-refractivity contribution >= 4 is 0 Å². The van der Waals surface area contributed by atoms with Crippen LogP contribution >= 0.6 is 0 Å². The number of imidazole rings is 1. The summed E-state index contributed by atoms with van der Waals surface area (Å²) in [5.74, 6) is -1.74. The van der Waals surface area contributed by atoms with E-state index in [1.165, 1.54) is 12.4 Å². The fraction of sp³-hybridized carbons (Fsp3) is 0.182. The van der Waals surface area contributed by atoms with Crippen molar-refractivity contribution in [3.05, 3.63) is 41.9 Å². The first-order valence-electron chi connectivity index (χ1n) is 4.90. The zero-order valence-electron chi connectivity index (χ0n) is 8.50. The maximum Gasteiger partial charge on any atom is 0.159 e. The van der Waals surface area contributed by atoms with Gasteiger partial charge in [-0.3, -0.25) is 0 Å². The predicted molar refractivity (Wildman–Crippen MR) is 56.7 cm³/mol. The van der Waals surface area contributed by atoms with Crippen molar-refractivity contribution < 1.29 is 8.78 Å². The van der Waals surface area contributed by atoms with Crippen LogP contribution in [-0.4, -0.2) is 16.5 Å². The van der Waals surface area contributed by atoms with Crippen LogP contribution in [0.1, 0.15) is 5.69 Å². The van der Waals surface area contributed by atoms with E-state index in [-0.39, 0.29) is 0 Å². The molecule has 1 aromatic carbocycles. The van der Waals surface area contributed by atoms with Gasteiger partial charge in [-0.15, -0.1) is 0 Å². The number of aromatic nitrogens is 2. The van der Waals surface area contributed by atoms with Crippen molar-refractivity contribution in [1.29, 1.82) is 0 Å². The molecule has 0 atom stereocenters. The van der Waals surface area contributed by atoms with Gasteiger partial charge in [-0.1, -0.05) is 0 Å². The summed E-state index contributed by atoms with van der Waals surface area (Å²) in [5, 5.41) is 0. The first-order valence-corrected chi connectivity index (χ1v) is 4.90. The zero-order valence-corrected chi connectivity index (χ0v) is 8.50. The predicted octanol–water partition coefficient (Wildman–Crippen LogP) is 1.86. The number of hydrogen-bond acceptors (Lipinski definition) is 2. The van der Waals surface area contributed by atoms with Gasteiger partial charge in [0.2, 0.25) is 0 Å². The Morgan fingerprint density at radius 2 is 2.06 bits per heavy atom. The molecular weight excluding hydrogens is 212 g/mol. The summed E-state index contributed by atoms with van der Waals surface area (Å²) in [6.45, 7) is 0.471. The van der Waals surface area contributed by atoms with E-state index in [1.54, 1.807) is 0 Å². The molecular formula is C11H11F2N3. The number of nitrogens with two attached hydrogens (primary N) is 1. The van der Waals surface area contributed by atoms with Crippen LogP contribution < -0.4 is 5.73 Å². The molecule has 16 heavy (non-hydrogen) atoms. The highest BCUT2D eigenvalue weighted by Gasteiger charge is 2.10. The third kappa shape index (κ3) is 1.94. The summed E-state index contributed by atoms with van der Waals surface area (Å²) >= 11 is 0. The first-order chi connectivity index (χ1) is 7.72. The van der Waals surface area contributed by atoms with E-state index in [4.69, 9.17) is 5.73 Å². The second-order valence-corrected chi connectivity index (χ2v) is 3.40. The standard InChI is InChI=1S/C11H11F2N3/c12-8-2-1-7(5-9(8)13)11-10(3-4-14)15-6-16-11/h1-2,5-6H,3-4,14H2,(H,15,16). The lowest BCUT2D eigenvalue weighted by Gasteiger charge is -2.02. The Morgan fingerprint density at radius 1 is 1.25 bits per heavy atom. The summed E-state index contributed by atoms with van der Waals surface area (Å²) in [4.78, 5) is 7.01. The lowest BCUT2D eigenvalue weighted by atomic mass is 10.1. The van der Waals surface area contributed by atoms with Gasteiger partial charge < -0.3 is 10.7 Å². The van der Waals surface area contributed by atoms with Gasteiger partial charge in [0.05, 0.1) is 12.0 Å². The molecule has 5 heteroatoms. The van der Waals surface area contributed by atoms with Crippen LogP contribution in [0, 0.1) is 11.6 Å². The molecule has 3 nitrogen and oxygen atoms in total. The fourth-order valence-corrected chi connectivity index (χ4v) is 1.55. The molecule has 0 radical (unpaired) electrons. The third-order valence-corrected chi connectivity index (χ3v) is 2.31. The molecule has 1 aromatic heterocycles. The molecule has 2 aromatic rings. The highest BCUT2D eigenvalue weighted by atomic mass is 19.2. The summed E-state index contributed by atoms with van der Waals surface area (Å²) in [5.41, 5.74) is 7.43. The Kier molecular flexibility index (Phi) is 2.96. The van der Waals surface area contributed by atoms with E-state index in [0.29, 0.717) is 24.2 Å². The Hall–Kier alpha value is -1.75. The maximum atomic E-state index is 13.1. The number of benzene rings is 1. The largest absolute Gasteiger partial charge is 0.348 e. The van der Waals surface area contributed by atoms with Crippen molar-refractivity contribution in [2.45, 2.75) is 6.42 Å². The van der Waals surface area contributed by atoms with Crippen molar-refractivity contribution in [3.63, 3.8) is 0 Å². The van der Waals surface area contributed by atoms with Crippen LogP contribution in [0.3, 0.4) is 0 Å². The molecule has 0 bridgehead atoms. The minimum Gasteiger partial charge on any atom is -0.348 e. The number of hydrogen-bond donors (Lipinski definition) is 2. The molecule has 0 saturated carbocycles. The van der Waals surface area contributed by atoms with Gasteiger partial charge in [0, 0.05) is 17.7 Å². The van der Waals surface area contributed by atoms with E-state index in [9.17, 15) is 8.78 Å². The highest BCUT2D eigenvalue weighted by Crippen LogP contribution is 2.22. The number of H-pyrrole nitrogens is 1. The summed E-state index contributed by atoms with van der Waals surface area (Å²) < 4.78 is 25.8. The smallest absolute Gasteiger partial charge is 0.159 e. The fourth-order valence-electron chi connectivity index (χ4n) is 1.55. The van der Waals surface area contributed by atoms with Crippen LogP contribution in [0.2, 0.25) is 0 Å². The summed E-state index contributed by atoms with van der Waals surface area (Å²) in [7, 11) is 0. The van der Waals surface area contributed by atoms with E-state index >= 15 is 0 Å². The first kappa shape index (κ1) is 10.8. The third-order valence-electron chi connectivity index (χ3n) is 2.31. The van der Waals surface area contributed by atoms with E-state index < -0.39 is 11.6 Å². The SMILES string of the molecule is NCCc1[nH]cnc1-c1ccc(F)c(F)c1. The summed E-state index contributed by atoms with van der Waals surface area (Å²) in [6.07, 6.45) is 2.13. The minimum absolute atomic E-state index is 0.471. The zero-order chi connectivity index (χ0) is 11.5. The molecule has 2 rings (SSSR count). The van der Waals surface area contributed by atoms with Crippen molar-refractivity contribution in [1.82, 2.24) is 9.97 Å². The van der Waals surface area contributed by atoms with Crippen molar-refractivity contribution in [2.24, 2.45) is 5.73 Å². The van der Waals surface area contributed by atoms with Gasteiger partial charge in [-0.2, -0.15) is 0 Å². The molecule has 0 amide bonds. The number of nitrogens with one attached hydrogen (secondary N) is 1. The van der Waals surface area contributed by atoms with Crippen molar-refractivity contribution in [3.8, 4) is 11.3 Å². The number of rotatable bonds is 3. The Bertz CT molecular complexity index is 494. The number of halogens is 2. The molecule has 3 N–H and O–H groups in total. The quantitative estimate of drug-likeness (QED) is 0.834. The van der Waals surface area contributed by atoms with Gasteiger partial charge in [-0.05, 0) is 24.7 Å². The highest BCUT2D eigenvalue weighted by molar-refractivity contribution is 5.61. The average molecular weight is 223 g/mol. The van der Waals surface area contributed by atoms with Gasteiger partial charge >= 0.3 is 0 Å². The minimum atomic E-state index is -0.876. The molecule has 0 saturated heterocycles. The summed E-state index contributed by atoms with van der Waals surface area (Å²) in [6, 6.07) is 3.71. The molecule has 84 valence electrons. The number of nitrogens with zero attached hydrogens (tertiary/aromatic N) is 1. The van der Waals surface area contributed by atoms with Gasteiger partial charge in [0.1, 0.15) is 0 Å². The maximum absolute atomic E-state index is 13.1. The lowest BCUT2D eigenvalue weighted by Crippen LogP contribution is -2.04. The molecule has 0 aliphatic rings. The van der Waals surface area contributed by atoms with Gasteiger partial charge in [0.25, 0.3) is 0 Å². The second kappa shape index (κ2) is 4.40. The Balaban J connectivity index is 2.42. The Morgan fingerprint density at radius 3 is 2.75 bits per heavy atom. The van der Waals surface area contributed by atoms with Gasteiger partial charge in [-0.25, -0.2) is 13.8 Å². The molecule has 0 spiro atoms. The average Bonchev–Trinajstić information content (AvgIpc) is 2.71. The molecule has 0 aliphatic heterocycles.